The highest BCUT2D eigenvalue weighted by Crippen LogP contribution is 2.28. The van der Waals surface area contributed by atoms with E-state index in [1.807, 2.05) is 13.0 Å². The molecule has 1 aromatic carbocycles. The number of thioether (sulfide) groups is 1. The first-order valence-electron chi connectivity index (χ1n) is 6.75. The van der Waals surface area contributed by atoms with Crippen molar-refractivity contribution in [3.63, 3.8) is 0 Å². The fraction of sp³-hybridized carbons (Fsp3) is 0.500. The highest BCUT2D eigenvalue weighted by atomic mass is 35.5. The van der Waals surface area contributed by atoms with Crippen LogP contribution in [0, 0.1) is 0 Å². The molecule has 1 aromatic rings. The lowest BCUT2D eigenvalue weighted by Crippen LogP contribution is -2.46. The molecule has 4 nitrogen and oxygen atoms in total. The van der Waals surface area contributed by atoms with E-state index in [1.54, 1.807) is 23.9 Å². The zero-order valence-corrected chi connectivity index (χ0v) is 13.0. The monoisotopic (exact) mass is 314 g/mol. The Labute approximate surface area is 128 Å². The highest BCUT2D eigenvalue weighted by Gasteiger charge is 2.21. The molecule has 1 aliphatic rings. The zero-order chi connectivity index (χ0) is 14.4. The quantitative estimate of drug-likeness (QED) is 0.877. The van der Waals surface area contributed by atoms with Gasteiger partial charge in [0.25, 0.3) is 0 Å². The molecule has 1 heterocycles. The lowest BCUT2D eigenvalue weighted by atomic mass is 10.2. The summed E-state index contributed by atoms with van der Waals surface area (Å²) < 4.78 is 5.50. The smallest absolute Gasteiger partial charge is 0.242 e. The summed E-state index contributed by atoms with van der Waals surface area (Å²) in [6.07, 6.45) is 0.930. The number of benzene rings is 1. The third-order valence-electron chi connectivity index (χ3n) is 2.90. The lowest BCUT2D eigenvalue weighted by molar-refractivity contribution is -0.117. The Morgan fingerprint density at radius 3 is 3.10 bits per heavy atom. The summed E-state index contributed by atoms with van der Waals surface area (Å²) in [7, 11) is 0. The minimum atomic E-state index is -0.136. The molecule has 1 amide bonds. The summed E-state index contributed by atoms with van der Waals surface area (Å²) in [5.74, 6) is 2.49. The molecule has 0 aromatic heterocycles. The number of hydrogen-bond acceptors (Lipinski definition) is 4. The number of hydrogen-bond donors (Lipinski definition) is 2. The van der Waals surface area contributed by atoms with E-state index < -0.39 is 0 Å². The predicted octanol–water partition coefficient (Wildman–Crippen LogP) is 2.77. The Balaban J connectivity index is 1.95. The molecule has 0 spiro atoms. The summed E-state index contributed by atoms with van der Waals surface area (Å²) in [5, 5.41) is 6.60. The maximum Gasteiger partial charge on any atom is 0.242 e. The van der Waals surface area contributed by atoms with Gasteiger partial charge in [0.2, 0.25) is 5.91 Å². The molecular formula is C14H19ClN2O2S. The first kappa shape index (κ1) is 15.5. The fourth-order valence-electron chi connectivity index (χ4n) is 1.87. The van der Waals surface area contributed by atoms with Gasteiger partial charge >= 0.3 is 0 Å². The van der Waals surface area contributed by atoms with Crippen LogP contribution >= 0.6 is 23.4 Å². The van der Waals surface area contributed by atoms with Gasteiger partial charge in [-0.05, 0) is 24.6 Å². The number of anilines is 1. The van der Waals surface area contributed by atoms with Gasteiger partial charge in [-0.2, -0.15) is 11.8 Å². The van der Waals surface area contributed by atoms with Crippen molar-refractivity contribution in [2.24, 2.45) is 0 Å². The van der Waals surface area contributed by atoms with Crippen molar-refractivity contribution in [3.8, 4) is 5.75 Å². The van der Waals surface area contributed by atoms with Gasteiger partial charge in [0.15, 0.2) is 0 Å². The van der Waals surface area contributed by atoms with E-state index in [4.69, 9.17) is 16.3 Å². The molecule has 2 N–H and O–H groups in total. The Morgan fingerprint density at radius 2 is 2.45 bits per heavy atom. The number of amides is 1. The average Bonchev–Trinajstić information content (AvgIpc) is 2.47. The van der Waals surface area contributed by atoms with Crippen LogP contribution in [0.1, 0.15) is 13.3 Å². The number of carbonyl (C=O) groups excluding carboxylic acids is 1. The minimum absolute atomic E-state index is 0.0181. The molecule has 0 aliphatic carbocycles. The van der Waals surface area contributed by atoms with E-state index in [2.05, 4.69) is 10.6 Å². The van der Waals surface area contributed by atoms with Gasteiger partial charge in [0, 0.05) is 23.7 Å². The molecule has 6 heteroatoms. The molecule has 0 bridgehead atoms. The van der Waals surface area contributed by atoms with Gasteiger partial charge in [-0.3, -0.25) is 4.79 Å². The molecule has 1 atom stereocenters. The third-order valence-corrected chi connectivity index (χ3v) is 4.26. The van der Waals surface area contributed by atoms with Crippen molar-refractivity contribution >= 4 is 35.0 Å². The summed E-state index contributed by atoms with van der Waals surface area (Å²) in [4.78, 5) is 12.1. The molecule has 0 radical (unpaired) electrons. The molecule has 1 aliphatic heterocycles. The van der Waals surface area contributed by atoms with Crippen molar-refractivity contribution in [2.45, 2.75) is 19.4 Å². The second-order valence-electron chi connectivity index (χ2n) is 4.56. The van der Waals surface area contributed by atoms with Crippen LogP contribution in [0.4, 0.5) is 5.69 Å². The van der Waals surface area contributed by atoms with Crippen LogP contribution in [0.15, 0.2) is 18.2 Å². The average molecular weight is 315 g/mol. The van der Waals surface area contributed by atoms with Crippen LogP contribution in [-0.4, -0.2) is 36.6 Å². The van der Waals surface area contributed by atoms with Gasteiger partial charge in [-0.25, -0.2) is 0 Å². The summed E-state index contributed by atoms with van der Waals surface area (Å²) in [6, 6.07) is 5.19. The fourth-order valence-corrected chi connectivity index (χ4v) is 3.04. The normalized spacial score (nSPS) is 18.6. The number of nitrogens with one attached hydrogen (secondary N) is 2. The van der Waals surface area contributed by atoms with E-state index in [0.29, 0.717) is 23.1 Å². The standard InChI is InChI=1S/C14H19ClN2O2S/c1-2-6-19-13-4-3-10(8-11(13)15)17-14(18)12-9-20-7-5-16-12/h3-4,8,12,16H,2,5-7,9H2,1H3,(H,17,18). The van der Waals surface area contributed by atoms with Crippen LogP contribution in [-0.2, 0) is 4.79 Å². The maximum absolute atomic E-state index is 12.1. The van der Waals surface area contributed by atoms with Gasteiger partial charge in [0.1, 0.15) is 5.75 Å². The van der Waals surface area contributed by atoms with Crippen molar-refractivity contribution in [3.05, 3.63) is 23.2 Å². The number of halogens is 1. The van der Waals surface area contributed by atoms with E-state index in [-0.39, 0.29) is 11.9 Å². The zero-order valence-electron chi connectivity index (χ0n) is 11.4. The van der Waals surface area contributed by atoms with E-state index in [9.17, 15) is 4.79 Å². The van der Waals surface area contributed by atoms with Gasteiger partial charge in [-0.1, -0.05) is 18.5 Å². The first-order valence-corrected chi connectivity index (χ1v) is 8.28. The van der Waals surface area contributed by atoms with Gasteiger partial charge in [0.05, 0.1) is 17.7 Å². The number of rotatable bonds is 5. The maximum atomic E-state index is 12.1. The van der Waals surface area contributed by atoms with Crippen molar-refractivity contribution < 1.29 is 9.53 Å². The van der Waals surface area contributed by atoms with Crippen LogP contribution < -0.4 is 15.4 Å². The van der Waals surface area contributed by atoms with E-state index >= 15 is 0 Å². The Bertz CT molecular complexity index is 464. The van der Waals surface area contributed by atoms with Crippen molar-refractivity contribution in [2.75, 3.05) is 30.0 Å². The molecule has 0 saturated carbocycles. The predicted molar refractivity (Wildman–Crippen MR) is 85.0 cm³/mol. The third kappa shape index (κ3) is 4.30. The summed E-state index contributed by atoms with van der Waals surface area (Å²) in [6.45, 7) is 3.54. The van der Waals surface area contributed by atoms with Crippen LogP contribution in [0.5, 0.6) is 5.75 Å². The van der Waals surface area contributed by atoms with Gasteiger partial charge in [-0.15, -0.1) is 0 Å². The molecular weight excluding hydrogens is 296 g/mol. The van der Waals surface area contributed by atoms with Gasteiger partial charge < -0.3 is 15.4 Å². The van der Waals surface area contributed by atoms with E-state index in [1.165, 1.54) is 0 Å². The number of carbonyl (C=O) groups is 1. The molecule has 2 rings (SSSR count). The molecule has 1 unspecified atom stereocenters. The summed E-state index contributed by atoms with van der Waals surface area (Å²) in [5.41, 5.74) is 0.696. The van der Waals surface area contributed by atoms with Crippen LogP contribution in [0.3, 0.4) is 0 Å². The van der Waals surface area contributed by atoms with E-state index in [0.717, 1.165) is 24.5 Å². The van der Waals surface area contributed by atoms with Crippen molar-refractivity contribution in [1.29, 1.82) is 0 Å². The highest BCUT2D eigenvalue weighted by molar-refractivity contribution is 7.99. The largest absolute Gasteiger partial charge is 0.492 e. The molecule has 1 fully saturated rings. The summed E-state index contributed by atoms with van der Waals surface area (Å²) >= 11 is 7.93. The SMILES string of the molecule is CCCOc1ccc(NC(=O)C2CSCCN2)cc1Cl. The molecule has 1 saturated heterocycles. The Kier molecular flexibility index (Phi) is 6.01. The number of ether oxygens (including phenoxy) is 1. The van der Waals surface area contributed by atoms with Crippen LogP contribution in [0.2, 0.25) is 5.02 Å². The second kappa shape index (κ2) is 7.76. The minimum Gasteiger partial charge on any atom is -0.492 e. The second-order valence-corrected chi connectivity index (χ2v) is 6.12. The molecule has 110 valence electrons. The van der Waals surface area contributed by atoms with Crippen molar-refractivity contribution in [1.82, 2.24) is 5.32 Å². The first-order chi connectivity index (χ1) is 9.70. The topological polar surface area (TPSA) is 50.4 Å². The lowest BCUT2D eigenvalue weighted by Gasteiger charge is -2.22. The van der Waals surface area contributed by atoms with Crippen LogP contribution in [0.25, 0.3) is 0 Å². The Hall–Kier alpha value is -0.910. The molecule has 20 heavy (non-hydrogen) atoms. The Morgan fingerprint density at radius 1 is 1.60 bits per heavy atom.